The molecule has 0 bridgehead atoms. The Labute approximate surface area is 186 Å². The number of thioether (sulfide) groups is 1. The van der Waals surface area contributed by atoms with Crippen molar-refractivity contribution in [2.45, 2.75) is 25.4 Å². The topological polar surface area (TPSA) is 67.5 Å². The number of rotatable bonds is 7. The van der Waals surface area contributed by atoms with Crippen molar-refractivity contribution in [2.75, 3.05) is 56.2 Å². The van der Waals surface area contributed by atoms with Crippen LogP contribution in [-0.4, -0.2) is 60.5 Å². The summed E-state index contributed by atoms with van der Waals surface area (Å²) in [6.45, 7) is 9.51. The number of thiophene rings is 1. The minimum atomic E-state index is 0.608. The van der Waals surface area contributed by atoms with E-state index < -0.39 is 0 Å². The van der Waals surface area contributed by atoms with Gasteiger partial charge in [0, 0.05) is 36.8 Å². The second-order valence-electron chi connectivity index (χ2n) is 7.56. The van der Waals surface area contributed by atoms with E-state index >= 15 is 0 Å². The fourth-order valence-corrected chi connectivity index (χ4v) is 5.75. The van der Waals surface area contributed by atoms with E-state index in [9.17, 15) is 0 Å². The number of fused-ring (bicyclic) bond motifs is 1. The Kier molecular flexibility index (Phi) is 6.65. The molecule has 0 saturated carbocycles. The van der Waals surface area contributed by atoms with E-state index in [1.807, 2.05) is 12.1 Å². The van der Waals surface area contributed by atoms with Gasteiger partial charge in [0.25, 0.3) is 0 Å². The fraction of sp³-hybridized carbons (Fsp3) is 0.455. The molecule has 1 aromatic carbocycles. The summed E-state index contributed by atoms with van der Waals surface area (Å²) in [4.78, 5) is 16.5. The number of methoxy groups -OCH3 is 1. The van der Waals surface area contributed by atoms with Gasteiger partial charge >= 0.3 is 0 Å². The Bertz CT molecular complexity index is 1010. The molecule has 1 saturated heterocycles. The van der Waals surface area contributed by atoms with E-state index in [1.165, 1.54) is 16.1 Å². The molecule has 6 nitrogen and oxygen atoms in total. The molecule has 1 fully saturated rings. The lowest BCUT2D eigenvalue weighted by Gasteiger charge is -2.36. The minimum Gasteiger partial charge on any atom is -0.495 e. The van der Waals surface area contributed by atoms with Crippen LogP contribution >= 0.6 is 23.1 Å². The molecule has 30 heavy (non-hydrogen) atoms. The zero-order valence-electron chi connectivity index (χ0n) is 17.9. The highest BCUT2D eigenvalue weighted by Gasteiger charge is 2.19. The van der Waals surface area contributed by atoms with Crippen molar-refractivity contribution in [1.29, 1.82) is 0 Å². The number of hydrogen-bond donors (Lipinski definition) is 1. The van der Waals surface area contributed by atoms with Gasteiger partial charge < -0.3 is 15.4 Å². The van der Waals surface area contributed by atoms with Gasteiger partial charge in [0.15, 0.2) is 5.16 Å². The van der Waals surface area contributed by atoms with Crippen molar-refractivity contribution in [1.82, 2.24) is 14.9 Å². The second-order valence-corrected chi connectivity index (χ2v) is 9.82. The molecule has 1 aliphatic rings. The average molecular weight is 444 g/mol. The van der Waals surface area contributed by atoms with Crippen molar-refractivity contribution in [3.8, 4) is 5.75 Å². The molecule has 0 amide bonds. The van der Waals surface area contributed by atoms with Gasteiger partial charge in [0.1, 0.15) is 16.4 Å². The maximum atomic E-state index is 6.19. The number of nitrogen functional groups attached to an aromatic ring is 1. The van der Waals surface area contributed by atoms with Gasteiger partial charge in [-0.25, -0.2) is 9.97 Å². The van der Waals surface area contributed by atoms with E-state index in [4.69, 9.17) is 15.5 Å². The number of aryl methyl sites for hydroxylation is 2. The Hall–Kier alpha value is -2.03. The molecule has 8 heteroatoms. The highest BCUT2D eigenvalue weighted by molar-refractivity contribution is 7.99. The number of benzene rings is 1. The number of nitrogens with zero attached hydrogens (tertiary/aromatic N) is 4. The third kappa shape index (κ3) is 4.50. The van der Waals surface area contributed by atoms with E-state index in [2.05, 4.69) is 40.8 Å². The molecule has 1 aliphatic heterocycles. The largest absolute Gasteiger partial charge is 0.495 e. The molecule has 3 aromatic rings. The Morgan fingerprint density at radius 2 is 1.90 bits per heavy atom. The molecule has 2 aromatic heterocycles. The smallest absolute Gasteiger partial charge is 0.190 e. The Balaban J connectivity index is 1.25. The van der Waals surface area contributed by atoms with Gasteiger partial charge in [-0.3, -0.25) is 4.90 Å². The maximum Gasteiger partial charge on any atom is 0.190 e. The summed E-state index contributed by atoms with van der Waals surface area (Å²) in [5.74, 6) is 2.56. The fourth-order valence-electron chi connectivity index (χ4n) is 3.88. The molecular weight excluding hydrogens is 414 g/mol. The van der Waals surface area contributed by atoms with E-state index in [1.54, 1.807) is 30.2 Å². The molecule has 4 rings (SSSR count). The molecule has 0 radical (unpaired) electrons. The zero-order chi connectivity index (χ0) is 21.1. The highest BCUT2D eigenvalue weighted by Crippen LogP contribution is 2.33. The SMILES string of the molecule is COc1ccccc1N1CCN(CCCSc2nc(N)c3c(C)c(C)sc3n2)CC1. The predicted octanol–water partition coefficient (Wildman–Crippen LogP) is 4.20. The van der Waals surface area contributed by atoms with Crippen molar-refractivity contribution >= 4 is 44.8 Å². The summed E-state index contributed by atoms with van der Waals surface area (Å²) in [5, 5.41) is 1.82. The van der Waals surface area contributed by atoms with Crippen LogP contribution in [0.5, 0.6) is 5.75 Å². The quantitative estimate of drug-likeness (QED) is 0.333. The van der Waals surface area contributed by atoms with Gasteiger partial charge in [-0.15, -0.1) is 11.3 Å². The first-order valence-electron chi connectivity index (χ1n) is 10.3. The lowest BCUT2D eigenvalue weighted by atomic mass is 10.2. The average Bonchev–Trinajstić information content (AvgIpc) is 3.05. The molecule has 0 aliphatic carbocycles. The molecule has 0 unspecified atom stereocenters. The van der Waals surface area contributed by atoms with E-state index in [0.29, 0.717) is 5.82 Å². The Morgan fingerprint density at radius 1 is 1.13 bits per heavy atom. The van der Waals surface area contributed by atoms with E-state index in [-0.39, 0.29) is 0 Å². The van der Waals surface area contributed by atoms with Gasteiger partial charge in [0.2, 0.25) is 0 Å². The number of ether oxygens (including phenoxy) is 1. The highest BCUT2D eigenvalue weighted by atomic mass is 32.2. The monoisotopic (exact) mass is 443 g/mol. The number of anilines is 2. The van der Waals surface area contributed by atoms with Gasteiger partial charge in [-0.2, -0.15) is 0 Å². The molecule has 3 heterocycles. The minimum absolute atomic E-state index is 0.608. The Morgan fingerprint density at radius 3 is 2.67 bits per heavy atom. The van der Waals surface area contributed by atoms with Crippen LogP contribution in [0.3, 0.4) is 0 Å². The summed E-state index contributed by atoms with van der Waals surface area (Å²) in [5.41, 5.74) is 8.59. The summed E-state index contributed by atoms with van der Waals surface area (Å²) < 4.78 is 5.51. The van der Waals surface area contributed by atoms with Crippen LogP contribution in [-0.2, 0) is 0 Å². The summed E-state index contributed by atoms with van der Waals surface area (Å²) in [6, 6.07) is 8.27. The molecule has 0 spiro atoms. The first kappa shape index (κ1) is 21.2. The summed E-state index contributed by atoms with van der Waals surface area (Å²) >= 11 is 3.41. The first-order chi connectivity index (χ1) is 14.6. The predicted molar refractivity (Wildman–Crippen MR) is 128 cm³/mol. The first-order valence-corrected chi connectivity index (χ1v) is 12.1. The van der Waals surface area contributed by atoms with Crippen LogP contribution < -0.4 is 15.4 Å². The summed E-state index contributed by atoms with van der Waals surface area (Å²) in [6.07, 6.45) is 1.11. The molecule has 160 valence electrons. The van der Waals surface area contributed by atoms with Crippen molar-refractivity contribution in [3.05, 3.63) is 34.7 Å². The maximum absolute atomic E-state index is 6.19. The van der Waals surface area contributed by atoms with Crippen LogP contribution in [0.15, 0.2) is 29.4 Å². The number of nitrogens with two attached hydrogens (primary N) is 1. The number of para-hydroxylation sites is 2. The van der Waals surface area contributed by atoms with Crippen LogP contribution in [0, 0.1) is 13.8 Å². The molecular formula is C22H29N5OS2. The van der Waals surface area contributed by atoms with Crippen molar-refractivity contribution in [3.63, 3.8) is 0 Å². The third-order valence-electron chi connectivity index (χ3n) is 5.68. The van der Waals surface area contributed by atoms with Gasteiger partial charge in [-0.05, 0) is 44.5 Å². The lowest BCUT2D eigenvalue weighted by Crippen LogP contribution is -2.46. The molecule has 0 atom stereocenters. The third-order valence-corrected chi connectivity index (χ3v) is 7.72. The van der Waals surface area contributed by atoms with Gasteiger partial charge in [0.05, 0.1) is 18.2 Å². The van der Waals surface area contributed by atoms with E-state index in [0.717, 1.165) is 66.0 Å². The van der Waals surface area contributed by atoms with Crippen LogP contribution in [0.2, 0.25) is 0 Å². The summed E-state index contributed by atoms with van der Waals surface area (Å²) in [7, 11) is 1.74. The van der Waals surface area contributed by atoms with Gasteiger partial charge in [-0.1, -0.05) is 23.9 Å². The normalized spacial score (nSPS) is 15.1. The van der Waals surface area contributed by atoms with Crippen LogP contribution in [0.1, 0.15) is 16.9 Å². The lowest BCUT2D eigenvalue weighted by molar-refractivity contribution is 0.258. The second kappa shape index (κ2) is 9.41. The number of aromatic nitrogens is 2. The zero-order valence-corrected chi connectivity index (χ0v) is 19.5. The van der Waals surface area contributed by atoms with Crippen LogP contribution in [0.4, 0.5) is 11.5 Å². The standard InChI is InChI=1S/C22H29N5OS2/c1-15-16(2)30-21-19(15)20(23)24-22(25-21)29-14-6-9-26-10-12-27(13-11-26)17-7-4-5-8-18(17)28-3/h4-5,7-8H,6,9-14H2,1-3H3,(H2,23,24,25). The molecule has 2 N–H and O–H groups in total. The number of hydrogen-bond acceptors (Lipinski definition) is 8. The number of piperazine rings is 1. The van der Waals surface area contributed by atoms with Crippen molar-refractivity contribution < 1.29 is 4.74 Å². The van der Waals surface area contributed by atoms with Crippen molar-refractivity contribution in [2.24, 2.45) is 0 Å². The van der Waals surface area contributed by atoms with Crippen LogP contribution in [0.25, 0.3) is 10.2 Å².